The van der Waals surface area contributed by atoms with Crippen LogP contribution in [0.5, 0.6) is 0 Å². The molecule has 0 aliphatic heterocycles. The van der Waals surface area contributed by atoms with E-state index in [4.69, 9.17) is 5.73 Å². The number of aromatic nitrogens is 2. The number of hydrogen-bond donors (Lipinski definition) is 1. The lowest BCUT2D eigenvalue weighted by Gasteiger charge is -2.22. The average molecular weight is 276 g/mol. The van der Waals surface area contributed by atoms with Crippen molar-refractivity contribution in [1.29, 1.82) is 0 Å². The van der Waals surface area contributed by atoms with E-state index in [1.54, 1.807) is 12.1 Å². The van der Waals surface area contributed by atoms with Gasteiger partial charge in [-0.05, 0) is 31.7 Å². The lowest BCUT2D eigenvalue weighted by Crippen LogP contribution is -2.34. The van der Waals surface area contributed by atoms with Crippen LogP contribution in [0.2, 0.25) is 0 Å². The molecule has 1 atom stereocenters. The fourth-order valence-corrected chi connectivity index (χ4v) is 1.98. The van der Waals surface area contributed by atoms with Crippen LogP contribution in [0.1, 0.15) is 18.1 Å². The van der Waals surface area contributed by atoms with Crippen molar-refractivity contribution in [2.75, 3.05) is 13.6 Å². The average Bonchev–Trinajstić information content (AvgIpc) is 2.87. The first-order chi connectivity index (χ1) is 9.58. The zero-order chi connectivity index (χ0) is 14.5. The van der Waals surface area contributed by atoms with Gasteiger partial charge in [-0.15, -0.1) is 0 Å². The number of rotatable bonds is 6. The minimum Gasteiger partial charge on any atom is -0.329 e. The smallest absolute Gasteiger partial charge is 0.123 e. The zero-order valence-corrected chi connectivity index (χ0v) is 12.0. The summed E-state index contributed by atoms with van der Waals surface area (Å²) >= 11 is 0. The van der Waals surface area contributed by atoms with Gasteiger partial charge in [-0.2, -0.15) is 5.10 Å². The molecule has 2 rings (SSSR count). The van der Waals surface area contributed by atoms with E-state index in [0.29, 0.717) is 19.1 Å². The van der Waals surface area contributed by atoms with Gasteiger partial charge in [-0.1, -0.05) is 12.1 Å². The quantitative estimate of drug-likeness (QED) is 0.876. The fourth-order valence-electron chi connectivity index (χ4n) is 1.98. The van der Waals surface area contributed by atoms with Gasteiger partial charge in [0.1, 0.15) is 5.82 Å². The minimum atomic E-state index is -0.215. The van der Waals surface area contributed by atoms with Crippen LogP contribution in [0, 0.1) is 5.82 Å². The summed E-state index contributed by atoms with van der Waals surface area (Å²) in [5.41, 5.74) is 7.83. The molecule has 0 amide bonds. The second-order valence-electron chi connectivity index (χ2n) is 5.17. The molecule has 4 nitrogen and oxygen atoms in total. The molecule has 0 fully saturated rings. The summed E-state index contributed by atoms with van der Waals surface area (Å²) in [5.74, 6) is -0.215. The van der Waals surface area contributed by atoms with E-state index in [-0.39, 0.29) is 5.82 Å². The third kappa shape index (κ3) is 3.88. The first-order valence-corrected chi connectivity index (χ1v) is 6.74. The Labute approximate surface area is 119 Å². The summed E-state index contributed by atoms with van der Waals surface area (Å²) in [5, 5.41) is 4.34. The van der Waals surface area contributed by atoms with Gasteiger partial charge >= 0.3 is 0 Å². The minimum absolute atomic E-state index is 0.215. The summed E-state index contributed by atoms with van der Waals surface area (Å²) in [4.78, 5) is 2.19. The molecule has 0 aliphatic rings. The highest BCUT2D eigenvalue weighted by Crippen LogP contribution is 2.08. The van der Waals surface area contributed by atoms with Gasteiger partial charge in [0.25, 0.3) is 0 Å². The van der Waals surface area contributed by atoms with E-state index in [1.807, 2.05) is 17.1 Å². The van der Waals surface area contributed by atoms with Gasteiger partial charge in [0.2, 0.25) is 0 Å². The summed E-state index contributed by atoms with van der Waals surface area (Å²) in [6.45, 7) is 4.21. The molecule has 1 aromatic heterocycles. The molecule has 5 heteroatoms. The van der Waals surface area contributed by atoms with Crippen molar-refractivity contribution in [2.24, 2.45) is 5.73 Å². The topological polar surface area (TPSA) is 47.1 Å². The molecular weight excluding hydrogens is 255 g/mol. The Balaban J connectivity index is 1.97. The van der Waals surface area contributed by atoms with Crippen molar-refractivity contribution in [3.05, 3.63) is 53.6 Å². The van der Waals surface area contributed by atoms with Crippen molar-refractivity contribution in [3.63, 3.8) is 0 Å². The van der Waals surface area contributed by atoms with Gasteiger partial charge < -0.3 is 5.73 Å². The Morgan fingerprint density at radius 1 is 1.30 bits per heavy atom. The highest BCUT2D eigenvalue weighted by molar-refractivity contribution is 5.16. The van der Waals surface area contributed by atoms with Crippen LogP contribution in [-0.2, 0) is 13.1 Å². The van der Waals surface area contributed by atoms with Gasteiger partial charge in [0, 0.05) is 30.9 Å². The summed E-state index contributed by atoms with van der Waals surface area (Å²) < 4.78 is 14.7. The number of nitrogens with two attached hydrogens (primary N) is 1. The molecule has 2 N–H and O–H groups in total. The summed E-state index contributed by atoms with van der Waals surface area (Å²) in [7, 11) is 2.05. The van der Waals surface area contributed by atoms with Gasteiger partial charge in [0.05, 0.1) is 12.7 Å². The molecule has 1 unspecified atom stereocenters. The maximum atomic E-state index is 12.8. The lowest BCUT2D eigenvalue weighted by atomic mass is 10.2. The van der Waals surface area contributed by atoms with Crippen molar-refractivity contribution in [1.82, 2.24) is 14.7 Å². The van der Waals surface area contributed by atoms with Crippen LogP contribution in [0.15, 0.2) is 36.7 Å². The van der Waals surface area contributed by atoms with Crippen molar-refractivity contribution < 1.29 is 4.39 Å². The Hall–Kier alpha value is -1.72. The SMILES string of the molecule is CC(CN)N(C)Cc1cnn(Cc2ccc(F)cc2)c1. The van der Waals surface area contributed by atoms with E-state index in [2.05, 4.69) is 24.0 Å². The molecule has 0 saturated carbocycles. The Kier molecular flexibility index (Phi) is 4.87. The monoisotopic (exact) mass is 276 g/mol. The highest BCUT2D eigenvalue weighted by atomic mass is 19.1. The Morgan fingerprint density at radius 2 is 2.00 bits per heavy atom. The maximum Gasteiger partial charge on any atom is 0.123 e. The van der Waals surface area contributed by atoms with Crippen molar-refractivity contribution >= 4 is 0 Å². The number of halogens is 1. The molecule has 1 heterocycles. The molecule has 2 aromatic rings. The van der Waals surface area contributed by atoms with Gasteiger partial charge in [0.15, 0.2) is 0 Å². The van der Waals surface area contributed by atoms with Crippen LogP contribution in [-0.4, -0.2) is 34.3 Å². The first kappa shape index (κ1) is 14.7. The van der Waals surface area contributed by atoms with Crippen LogP contribution in [0.3, 0.4) is 0 Å². The second-order valence-corrected chi connectivity index (χ2v) is 5.17. The van der Waals surface area contributed by atoms with Crippen LogP contribution in [0.25, 0.3) is 0 Å². The second kappa shape index (κ2) is 6.63. The van der Waals surface area contributed by atoms with Crippen LogP contribution < -0.4 is 5.73 Å². The third-order valence-corrected chi connectivity index (χ3v) is 3.47. The van der Waals surface area contributed by atoms with E-state index in [9.17, 15) is 4.39 Å². The molecule has 20 heavy (non-hydrogen) atoms. The largest absolute Gasteiger partial charge is 0.329 e. The number of nitrogens with zero attached hydrogens (tertiary/aromatic N) is 3. The Bertz CT molecular complexity index is 535. The van der Waals surface area contributed by atoms with Crippen LogP contribution >= 0.6 is 0 Å². The fraction of sp³-hybridized carbons (Fsp3) is 0.400. The predicted octanol–water partition coefficient (Wildman–Crippen LogP) is 1.85. The van der Waals surface area contributed by atoms with E-state index < -0.39 is 0 Å². The molecule has 0 aliphatic carbocycles. The van der Waals surface area contributed by atoms with Crippen LogP contribution in [0.4, 0.5) is 4.39 Å². The predicted molar refractivity (Wildman–Crippen MR) is 77.7 cm³/mol. The standard InChI is InChI=1S/C15H21FN4/c1-12(7-17)19(2)9-14-8-18-20(11-14)10-13-3-5-15(16)6-4-13/h3-6,8,11-12H,7,9-10,17H2,1-2H3. The summed E-state index contributed by atoms with van der Waals surface area (Å²) in [6, 6.07) is 6.83. The molecule has 0 radical (unpaired) electrons. The van der Waals surface area contributed by atoms with E-state index in [1.165, 1.54) is 12.1 Å². The maximum absolute atomic E-state index is 12.8. The van der Waals surface area contributed by atoms with Crippen molar-refractivity contribution in [3.8, 4) is 0 Å². The van der Waals surface area contributed by atoms with Crippen molar-refractivity contribution in [2.45, 2.75) is 26.1 Å². The summed E-state index contributed by atoms with van der Waals surface area (Å²) in [6.07, 6.45) is 3.88. The number of benzene rings is 1. The van der Waals surface area contributed by atoms with E-state index in [0.717, 1.165) is 17.7 Å². The molecule has 1 aromatic carbocycles. The first-order valence-electron chi connectivity index (χ1n) is 6.74. The molecule has 0 spiro atoms. The third-order valence-electron chi connectivity index (χ3n) is 3.47. The molecule has 0 bridgehead atoms. The number of likely N-dealkylation sites (N-methyl/N-ethyl adjacent to an activating group) is 1. The molecule has 108 valence electrons. The molecular formula is C15H21FN4. The zero-order valence-electron chi connectivity index (χ0n) is 12.0. The lowest BCUT2D eigenvalue weighted by molar-refractivity contribution is 0.255. The Morgan fingerprint density at radius 3 is 2.65 bits per heavy atom. The van der Waals surface area contributed by atoms with E-state index >= 15 is 0 Å². The highest BCUT2D eigenvalue weighted by Gasteiger charge is 2.09. The number of hydrogen-bond acceptors (Lipinski definition) is 3. The van der Waals surface area contributed by atoms with Gasteiger partial charge in [-0.25, -0.2) is 4.39 Å². The molecule has 0 saturated heterocycles. The normalized spacial score (nSPS) is 12.8. The van der Waals surface area contributed by atoms with Gasteiger partial charge in [-0.3, -0.25) is 9.58 Å².